The quantitative estimate of drug-likeness (QED) is 0.352. The maximum atomic E-state index is 0. The molecule has 0 saturated heterocycles. The first-order valence-corrected chi connectivity index (χ1v) is 0. The molecule has 0 aromatic heterocycles. The first-order valence-electron chi connectivity index (χ1n) is 0. The van der Waals surface area contributed by atoms with Gasteiger partial charge in [0.15, 0.2) is 0 Å². The third kappa shape index (κ3) is 40.5. The molecule has 0 aromatic rings. The average molecular weight is 206 g/mol. The van der Waals surface area contributed by atoms with Crippen LogP contribution in [0.25, 0.3) is 0 Å². The summed E-state index contributed by atoms with van der Waals surface area (Å²) in [5.74, 6) is 0. The van der Waals surface area contributed by atoms with Crippen LogP contribution in [-0.2, 0) is 27.2 Å². The minimum Gasteiger partial charge on any atom is -1.00 e. The second kappa shape index (κ2) is 69.1. The summed E-state index contributed by atoms with van der Waals surface area (Å²) in [6.07, 6.45) is 0. The van der Waals surface area contributed by atoms with Gasteiger partial charge in [0.25, 0.3) is 0 Å². The van der Waals surface area contributed by atoms with Crippen molar-refractivity contribution in [3.05, 3.63) is 0 Å². The molecule has 38 valence electrons. The van der Waals surface area contributed by atoms with E-state index in [0.29, 0.717) is 0 Å². The molecule has 6 heteroatoms. The van der Waals surface area contributed by atoms with Crippen molar-refractivity contribution in [1.82, 2.24) is 0 Å². The van der Waals surface area contributed by atoms with Gasteiger partial charge in [-0.2, -0.15) is 0 Å². The van der Waals surface area contributed by atoms with E-state index in [4.69, 9.17) is 0 Å². The van der Waals surface area contributed by atoms with Crippen LogP contribution in [0, 0.1) is 0 Å². The van der Waals surface area contributed by atoms with Crippen LogP contribution in [0.2, 0.25) is 0 Å². The maximum Gasteiger partial charge on any atom is 4.00 e. The maximum absolute atomic E-state index is 0. The fourth-order valence-corrected chi connectivity index (χ4v) is 0. The van der Waals surface area contributed by atoms with Crippen LogP contribution in [0.4, 0.5) is 0 Å². The molecule has 0 aliphatic carbocycles. The fraction of sp³-hybridized carbons (Fsp3) is 0. The van der Waals surface area contributed by atoms with Gasteiger partial charge in [-0.1, -0.05) is 0 Å². The molecule has 0 unspecified atom stereocenters. The van der Waals surface area contributed by atoms with E-state index in [1.807, 2.05) is 0 Å². The molecule has 0 atom stereocenters. The van der Waals surface area contributed by atoms with Gasteiger partial charge in [0.1, 0.15) is 0 Å². The number of hydrogen-bond acceptors (Lipinski definition) is 0. The molecule has 0 aromatic carbocycles. The number of rotatable bonds is 0. The summed E-state index contributed by atoms with van der Waals surface area (Å²) in [7, 11) is 0. The van der Waals surface area contributed by atoms with E-state index in [9.17, 15) is 0 Å². The molecule has 6 heavy (non-hydrogen) atoms. The van der Waals surface area contributed by atoms with E-state index < -0.39 is 0 Å². The molecule has 0 amide bonds. The van der Waals surface area contributed by atoms with Crippen molar-refractivity contribution in [2.45, 2.75) is 0 Å². The van der Waals surface area contributed by atoms with Crippen LogP contribution in [0.1, 0.15) is 0 Å². The van der Waals surface area contributed by atoms with Crippen molar-refractivity contribution >= 4 is 0 Å². The Balaban J connectivity index is 0. The third-order valence-corrected chi connectivity index (χ3v) is 0. The van der Waals surface area contributed by atoms with E-state index in [-0.39, 0.29) is 76.8 Å². The van der Waals surface area contributed by atoms with Crippen molar-refractivity contribution in [2.24, 2.45) is 0 Å². The van der Waals surface area contributed by atoms with Gasteiger partial charge in [0.2, 0.25) is 0 Å². The molecule has 0 saturated carbocycles. The Morgan fingerprint density at radius 2 is 0.500 bits per heavy atom. The third-order valence-electron chi connectivity index (χ3n) is 0. The summed E-state index contributed by atoms with van der Waals surface area (Å²) in [6, 6.07) is 0. The summed E-state index contributed by atoms with van der Waals surface area (Å²) in [4.78, 5) is 0. The Bertz CT molecular complexity index is 7.51. The smallest absolute Gasteiger partial charge is 1.00 e. The fourth-order valence-electron chi connectivity index (χ4n) is 0. The number of halogens is 4. The zero-order chi connectivity index (χ0) is 0. The van der Waals surface area contributed by atoms with Crippen molar-refractivity contribution in [3.8, 4) is 0 Å². The molecule has 0 spiro atoms. The van der Waals surface area contributed by atoms with Gasteiger partial charge in [-0.25, -0.2) is 0 Å². The van der Waals surface area contributed by atoms with Gasteiger partial charge in [-0.05, 0) is 0 Å². The van der Waals surface area contributed by atoms with Gasteiger partial charge in [0, 0.05) is 5.48 Å². The standard InChI is InChI=1S/4ClH.O.Ti/h4*1H;;/q;;;;;+4/p-4. The first-order chi connectivity index (χ1) is 0. The Morgan fingerprint density at radius 3 is 0.500 bits per heavy atom. The summed E-state index contributed by atoms with van der Waals surface area (Å²) in [5, 5.41) is 0. The first kappa shape index (κ1) is 109. The molecule has 2 radical (unpaired) electrons. The second-order valence-corrected chi connectivity index (χ2v) is 0. The Morgan fingerprint density at radius 1 is 0.500 bits per heavy atom. The zero-order valence-corrected chi connectivity index (χ0v) is 7.01. The van der Waals surface area contributed by atoms with Crippen LogP contribution in [0.15, 0.2) is 0 Å². The molecule has 1 nitrogen and oxygen atoms in total. The van der Waals surface area contributed by atoms with Gasteiger partial charge in [0.05, 0.1) is 0 Å². The van der Waals surface area contributed by atoms with Crippen molar-refractivity contribution < 1.29 is 76.8 Å². The minimum atomic E-state index is 0. The van der Waals surface area contributed by atoms with Gasteiger partial charge >= 0.3 is 21.7 Å². The summed E-state index contributed by atoms with van der Waals surface area (Å²) in [5.41, 5.74) is 0. The average Bonchev–Trinajstić information content (AvgIpc) is 0. The molecule has 0 fully saturated rings. The van der Waals surface area contributed by atoms with E-state index in [0.717, 1.165) is 0 Å². The van der Waals surface area contributed by atoms with Crippen LogP contribution < -0.4 is 49.6 Å². The van der Waals surface area contributed by atoms with Crippen molar-refractivity contribution in [1.29, 1.82) is 0 Å². The minimum absolute atomic E-state index is 0. The van der Waals surface area contributed by atoms with E-state index in [1.54, 1.807) is 0 Å². The summed E-state index contributed by atoms with van der Waals surface area (Å²) >= 11 is 0. The largest absolute Gasteiger partial charge is 4.00 e. The summed E-state index contributed by atoms with van der Waals surface area (Å²) < 4.78 is 0. The molecule has 0 heterocycles. The zero-order valence-electron chi connectivity index (χ0n) is 2.42. The van der Waals surface area contributed by atoms with E-state index in [1.165, 1.54) is 0 Å². The predicted octanol–water partition coefficient (Wildman–Crippen LogP) is -12.1. The molecular formula is Cl4OTi. The molecular weight excluding hydrogens is 206 g/mol. The molecule has 0 aliphatic rings. The van der Waals surface area contributed by atoms with Crippen molar-refractivity contribution in [3.63, 3.8) is 0 Å². The Labute approximate surface area is 76.5 Å². The van der Waals surface area contributed by atoms with Crippen molar-refractivity contribution in [2.75, 3.05) is 0 Å². The van der Waals surface area contributed by atoms with E-state index in [2.05, 4.69) is 0 Å². The SMILES string of the molecule is [Cl-].[Cl-].[Cl-].[Cl-].[O].[Ti+4]. The molecule has 0 rings (SSSR count). The van der Waals surface area contributed by atoms with Crippen LogP contribution in [-0.4, -0.2) is 0 Å². The second-order valence-electron chi connectivity index (χ2n) is 0. The van der Waals surface area contributed by atoms with E-state index >= 15 is 0 Å². The monoisotopic (exact) mass is 204 g/mol. The Kier molecular flexibility index (Phi) is 1250. The number of hydrogen-bond donors (Lipinski definition) is 0. The van der Waals surface area contributed by atoms with Crippen LogP contribution in [0.5, 0.6) is 0 Å². The van der Waals surface area contributed by atoms with Gasteiger partial charge in [-0.15, -0.1) is 0 Å². The molecule has 0 bridgehead atoms. The summed E-state index contributed by atoms with van der Waals surface area (Å²) in [6.45, 7) is 0. The molecule has 0 aliphatic heterocycles. The van der Waals surface area contributed by atoms with Gasteiger partial charge < -0.3 is 49.6 Å². The normalized spacial score (nSPS) is 0. The van der Waals surface area contributed by atoms with Crippen LogP contribution >= 0.6 is 0 Å². The molecule has 0 N–H and O–H groups in total. The Hall–Kier alpha value is 1.83. The van der Waals surface area contributed by atoms with Gasteiger partial charge in [-0.3, -0.25) is 0 Å². The topological polar surface area (TPSA) is 28.5 Å². The van der Waals surface area contributed by atoms with Crippen LogP contribution in [0.3, 0.4) is 0 Å². The predicted molar refractivity (Wildman–Crippen MR) is 0.686 cm³/mol.